The van der Waals surface area contributed by atoms with Crippen molar-refractivity contribution in [3.63, 3.8) is 0 Å². The lowest BCUT2D eigenvalue weighted by molar-refractivity contribution is 0.395. The van der Waals surface area contributed by atoms with Crippen molar-refractivity contribution in [2.75, 3.05) is 14.2 Å². The second kappa shape index (κ2) is 7.61. The van der Waals surface area contributed by atoms with Crippen LogP contribution in [0.1, 0.15) is 18.5 Å². The van der Waals surface area contributed by atoms with Crippen molar-refractivity contribution in [3.05, 3.63) is 52.0 Å². The Hall–Kier alpha value is -1.47. The van der Waals surface area contributed by atoms with Gasteiger partial charge in [0.1, 0.15) is 16.4 Å². The predicted octanol–water partition coefficient (Wildman–Crippen LogP) is 4.05. The van der Waals surface area contributed by atoms with Crippen molar-refractivity contribution in [1.82, 2.24) is 4.72 Å². The Morgan fingerprint density at radius 1 is 1.04 bits per heavy atom. The Bertz CT molecular complexity index is 820. The van der Waals surface area contributed by atoms with Gasteiger partial charge in [0.05, 0.1) is 24.3 Å². The Morgan fingerprint density at radius 3 is 2.21 bits per heavy atom. The van der Waals surface area contributed by atoms with Gasteiger partial charge >= 0.3 is 0 Å². The molecule has 0 heterocycles. The molecular weight excluding hydrogens is 373 g/mol. The molecule has 5 nitrogen and oxygen atoms in total. The van der Waals surface area contributed by atoms with Crippen LogP contribution in [0.4, 0.5) is 0 Å². The molecule has 0 aliphatic carbocycles. The van der Waals surface area contributed by atoms with E-state index in [4.69, 9.17) is 32.7 Å². The van der Waals surface area contributed by atoms with E-state index >= 15 is 0 Å². The molecule has 0 aliphatic heterocycles. The van der Waals surface area contributed by atoms with Crippen LogP contribution in [0.25, 0.3) is 0 Å². The van der Waals surface area contributed by atoms with E-state index in [1.165, 1.54) is 26.4 Å². The smallest absolute Gasteiger partial charge is 0.244 e. The lowest BCUT2D eigenvalue weighted by atomic mass is 10.1. The number of halogens is 2. The SMILES string of the molecule is COc1ccc(OC)c([C@@H](C)NS(=O)(=O)c2c(Cl)cccc2Cl)c1. The lowest BCUT2D eigenvalue weighted by Crippen LogP contribution is -2.27. The third kappa shape index (κ3) is 3.95. The minimum absolute atomic E-state index is 0.0554. The largest absolute Gasteiger partial charge is 0.497 e. The molecule has 2 aromatic rings. The number of ether oxygens (including phenoxy) is 2. The van der Waals surface area contributed by atoms with Gasteiger partial charge in [-0.25, -0.2) is 13.1 Å². The van der Waals surface area contributed by atoms with Crippen LogP contribution in [0.3, 0.4) is 0 Å². The van der Waals surface area contributed by atoms with E-state index in [0.717, 1.165) is 0 Å². The second-order valence-corrected chi connectivity index (χ2v) is 7.47. The van der Waals surface area contributed by atoms with Crippen LogP contribution in [0.5, 0.6) is 11.5 Å². The predicted molar refractivity (Wildman–Crippen MR) is 94.7 cm³/mol. The molecule has 0 spiro atoms. The minimum Gasteiger partial charge on any atom is -0.497 e. The first-order valence-corrected chi connectivity index (χ1v) is 9.22. The van der Waals surface area contributed by atoms with Crippen LogP contribution in [-0.2, 0) is 10.0 Å². The van der Waals surface area contributed by atoms with Crippen LogP contribution in [0.2, 0.25) is 10.0 Å². The topological polar surface area (TPSA) is 64.6 Å². The van der Waals surface area contributed by atoms with Crippen LogP contribution in [-0.4, -0.2) is 22.6 Å². The number of methoxy groups -OCH3 is 2. The number of sulfonamides is 1. The van der Waals surface area contributed by atoms with Crippen LogP contribution in [0, 0.1) is 0 Å². The monoisotopic (exact) mass is 389 g/mol. The van der Waals surface area contributed by atoms with Gasteiger partial charge in [-0.15, -0.1) is 0 Å². The maximum Gasteiger partial charge on any atom is 0.244 e. The third-order valence-corrected chi connectivity index (χ3v) is 5.92. The molecule has 0 amide bonds. The average molecular weight is 390 g/mol. The van der Waals surface area contributed by atoms with Crippen LogP contribution < -0.4 is 14.2 Å². The third-order valence-electron chi connectivity index (χ3n) is 3.42. The van der Waals surface area contributed by atoms with Crippen molar-refractivity contribution < 1.29 is 17.9 Å². The first kappa shape index (κ1) is 18.9. The van der Waals surface area contributed by atoms with Crippen LogP contribution in [0.15, 0.2) is 41.3 Å². The van der Waals surface area contributed by atoms with E-state index in [2.05, 4.69) is 4.72 Å². The van der Waals surface area contributed by atoms with Crippen molar-refractivity contribution in [2.45, 2.75) is 17.9 Å². The molecule has 0 aromatic heterocycles. The van der Waals surface area contributed by atoms with Gasteiger partial charge < -0.3 is 9.47 Å². The van der Waals surface area contributed by atoms with Gasteiger partial charge in [-0.1, -0.05) is 29.3 Å². The van der Waals surface area contributed by atoms with Crippen molar-refractivity contribution in [3.8, 4) is 11.5 Å². The summed E-state index contributed by atoms with van der Waals surface area (Å²) in [5.74, 6) is 1.13. The second-order valence-electron chi connectivity index (χ2n) is 5.00. The number of hydrogen-bond donors (Lipinski definition) is 1. The zero-order valence-corrected chi connectivity index (χ0v) is 15.7. The lowest BCUT2D eigenvalue weighted by Gasteiger charge is -2.19. The van der Waals surface area contributed by atoms with Crippen molar-refractivity contribution in [2.24, 2.45) is 0 Å². The first-order chi connectivity index (χ1) is 11.3. The van der Waals surface area contributed by atoms with Gasteiger partial charge in [0.15, 0.2) is 0 Å². The maximum absolute atomic E-state index is 12.7. The van der Waals surface area contributed by atoms with E-state index in [9.17, 15) is 8.42 Å². The molecule has 2 aromatic carbocycles. The summed E-state index contributed by atoms with van der Waals surface area (Å²) < 4.78 is 38.4. The highest BCUT2D eigenvalue weighted by Crippen LogP contribution is 2.33. The number of hydrogen-bond acceptors (Lipinski definition) is 4. The zero-order chi connectivity index (χ0) is 17.9. The first-order valence-electron chi connectivity index (χ1n) is 6.98. The molecule has 0 saturated heterocycles. The normalized spacial score (nSPS) is 12.7. The molecule has 0 saturated carbocycles. The standard InChI is InChI=1S/C16H17Cl2NO4S/c1-10(12-9-11(22-2)7-8-15(12)23-3)19-24(20,21)16-13(17)5-4-6-14(16)18/h4-10,19H,1-3H3/t10-/m1/s1. The van der Waals surface area contributed by atoms with Gasteiger partial charge in [-0.2, -0.15) is 0 Å². The highest BCUT2D eigenvalue weighted by Gasteiger charge is 2.25. The Balaban J connectivity index is 2.40. The fourth-order valence-corrected chi connectivity index (χ4v) is 4.64. The molecule has 0 fully saturated rings. The number of nitrogens with one attached hydrogen (secondary N) is 1. The fourth-order valence-electron chi connectivity index (χ4n) is 2.27. The van der Waals surface area contributed by atoms with E-state index in [-0.39, 0.29) is 14.9 Å². The summed E-state index contributed by atoms with van der Waals surface area (Å²) in [6.45, 7) is 1.69. The van der Waals surface area contributed by atoms with E-state index in [1.54, 1.807) is 31.2 Å². The van der Waals surface area contributed by atoms with E-state index in [1.807, 2.05) is 0 Å². The minimum atomic E-state index is -3.92. The summed E-state index contributed by atoms with van der Waals surface area (Å²) in [4.78, 5) is -0.151. The Kier molecular flexibility index (Phi) is 5.98. The summed E-state index contributed by atoms with van der Waals surface area (Å²) in [5.41, 5.74) is 0.628. The van der Waals surface area contributed by atoms with Crippen molar-refractivity contribution >= 4 is 33.2 Å². The van der Waals surface area contributed by atoms with Gasteiger partial charge in [0, 0.05) is 11.6 Å². The molecule has 0 bridgehead atoms. The quantitative estimate of drug-likeness (QED) is 0.808. The highest BCUT2D eigenvalue weighted by molar-refractivity contribution is 7.89. The molecule has 0 unspecified atom stereocenters. The molecule has 8 heteroatoms. The molecule has 24 heavy (non-hydrogen) atoms. The van der Waals surface area contributed by atoms with Gasteiger partial charge in [-0.3, -0.25) is 0 Å². The molecular formula is C16H17Cl2NO4S. The van der Waals surface area contributed by atoms with Crippen LogP contribution >= 0.6 is 23.2 Å². The number of benzene rings is 2. The molecule has 0 aliphatic rings. The molecule has 1 atom stereocenters. The molecule has 2 rings (SSSR count). The van der Waals surface area contributed by atoms with Gasteiger partial charge in [-0.05, 0) is 37.3 Å². The van der Waals surface area contributed by atoms with Crippen molar-refractivity contribution in [1.29, 1.82) is 0 Å². The summed E-state index contributed by atoms with van der Waals surface area (Å²) in [6.07, 6.45) is 0. The number of rotatable bonds is 6. The van der Waals surface area contributed by atoms with Gasteiger partial charge in [0.2, 0.25) is 10.0 Å². The fraction of sp³-hybridized carbons (Fsp3) is 0.250. The Morgan fingerprint density at radius 2 is 1.67 bits per heavy atom. The van der Waals surface area contributed by atoms with E-state index in [0.29, 0.717) is 17.1 Å². The summed E-state index contributed by atoms with van der Waals surface area (Å²) >= 11 is 12.0. The molecule has 1 N–H and O–H groups in total. The zero-order valence-electron chi connectivity index (χ0n) is 13.3. The highest BCUT2D eigenvalue weighted by atomic mass is 35.5. The molecule has 130 valence electrons. The molecule has 0 radical (unpaired) electrons. The summed E-state index contributed by atoms with van der Waals surface area (Å²) in [5, 5.41) is 0.111. The summed E-state index contributed by atoms with van der Waals surface area (Å²) in [7, 11) is -0.881. The maximum atomic E-state index is 12.7. The van der Waals surface area contributed by atoms with Gasteiger partial charge in [0.25, 0.3) is 0 Å². The van der Waals surface area contributed by atoms with E-state index < -0.39 is 16.1 Å². The average Bonchev–Trinajstić information content (AvgIpc) is 2.53. The summed E-state index contributed by atoms with van der Waals surface area (Å²) in [6, 6.07) is 9.08. The Labute approximate surface area is 151 Å².